The van der Waals surface area contributed by atoms with Crippen molar-refractivity contribution in [1.82, 2.24) is 35.3 Å². The van der Waals surface area contributed by atoms with Crippen molar-refractivity contribution in [2.24, 2.45) is 17.6 Å². The Bertz CT molecular complexity index is 1060. The van der Waals surface area contributed by atoms with Gasteiger partial charge in [-0.05, 0) is 25.0 Å². The van der Waals surface area contributed by atoms with Gasteiger partial charge in [0, 0.05) is 41.7 Å². The Hall–Kier alpha value is -2.71. The van der Waals surface area contributed by atoms with Gasteiger partial charge >= 0.3 is 5.97 Å². The second-order valence-corrected chi connectivity index (χ2v) is 10.9. The van der Waals surface area contributed by atoms with Gasteiger partial charge in [-0.15, -0.1) is 16.9 Å². The van der Waals surface area contributed by atoms with E-state index in [1.807, 2.05) is 6.92 Å². The number of likely N-dealkylation sites (tertiary alicyclic amines) is 1. The molecule has 5 rings (SSSR count). The molecule has 5 heterocycles. The minimum atomic E-state index is -1.12. The van der Waals surface area contributed by atoms with E-state index < -0.39 is 17.9 Å². The van der Waals surface area contributed by atoms with Crippen LogP contribution in [0.5, 0.6) is 0 Å². The summed E-state index contributed by atoms with van der Waals surface area (Å²) in [5, 5.41) is 24.9. The maximum atomic E-state index is 13.0. The summed E-state index contributed by atoms with van der Waals surface area (Å²) in [6.45, 7) is 5.59. The van der Waals surface area contributed by atoms with E-state index in [4.69, 9.17) is 11.5 Å². The van der Waals surface area contributed by atoms with Crippen molar-refractivity contribution < 1.29 is 19.5 Å². The molecule has 6 N–H and O–H groups in total. The van der Waals surface area contributed by atoms with Crippen molar-refractivity contribution in [2.45, 2.75) is 56.1 Å². The van der Waals surface area contributed by atoms with Gasteiger partial charge in [-0.3, -0.25) is 9.59 Å². The Balaban J connectivity index is 1.30. The van der Waals surface area contributed by atoms with E-state index in [2.05, 4.69) is 20.7 Å². The summed E-state index contributed by atoms with van der Waals surface area (Å²) in [6, 6.07) is -0.994. The Morgan fingerprint density at radius 3 is 2.74 bits per heavy atom. The lowest BCUT2D eigenvalue weighted by Gasteiger charge is -2.47. The molecule has 0 radical (unpaired) electrons. The molecule has 0 bridgehead atoms. The third-order valence-corrected chi connectivity index (χ3v) is 8.85. The number of nitrogens with one attached hydrogen (secondary N) is 1. The highest BCUT2D eigenvalue weighted by molar-refractivity contribution is 8.03. The van der Waals surface area contributed by atoms with Crippen LogP contribution >= 0.6 is 11.8 Å². The number of carboxylic acids is 1. The van der Waals surface area contributed by atoms with Crippen molar-refractivity contribution in [3.05, 3.63) is 10.6 Å². The van der Waals surface area contributed by atoms with Crippen LogP contribution in [0.15, 0.2) is 10.6 Å². The van der Waals surface area contributed by atoms with Gasteiger partial charge in [0.2, 0.25) is 11.8 Å². The lowest BCUT2D eigenvalue weighted by molar-refractivity contribution is -0.159. The van der Waals surface area contributed by atoms with Crippen LogP contribution in [-0.4, -0.2) is 95.9 Å². The van der Waals surface area contributed by atoms with Crippen LogP contribution in [0.25, 0.3) is 0 Å². The average Bonchev–Trinajstić information content (AvgIpc) is 3.56. The molecule has 3 saturated heterocycles. The Morgan fingerprint density at radius 2 is 2.12 bits per heavy atom. The molecule has 1 aromatic rings. The van der Waals surface area contributed by atoms with E-state index in [1.165, 1.54) is 21.5 Å². The molecule has 2 amide bonds. The number of nitrogens with two attached hydrogens (primary N) is 2. The van der Waals surface area contributed by atoms with Crippen LogP contribution in [0.1, 0.15) is 32.7 Å². The van der Waals surface area contributed by atoms with E-state index in [1.54, 1.807) is 11.8 Å². The van der Waals surface area contributed by atoms with Crippen molar-refractivity contribution >= 4 is 35.5 Å². The SMILES string of the molecule is CC([C@H]1C(=O)N2C(C(=O)O)=C(S[C@@H]3CN[C@H](C(=O)N4CC[C@@H](N)C4)C3)[C@H](C)[C@H]12)n1nnc(N)n1. The van der Waals surface area contributed by atoms with Crippen molar-refractivity contribution in [3.63, 3.8) is 0 Å². The van der Waals surface area contributed by atoms with Crippen LogP contribution in [-0.2, 0) is 14.4 Å². The summed E-state index contributed by atoms with van der Waals surface area (Å²) in [5.74, 6) is -1.97. The zero-order chi connectivity index (χ0) is 24.3. The van der Waals surface area contributed by atoms with Gasteiger partial charge in [0.25, 0.3) is 5.95 Å². The van der Waals surface area contributed by atoms with Crippen LogP contribution in [0, 0.1) is 11.8 Å². The number of hydrogen-bond donors (Lipinski definition) is 4. The highest BCUT2D eigenvalue weighted by Gasteiger charge is 2.61. The molecule has 0 aromatic carbocycles. The standard InChI is InChI=1S/C20H29N9O4S/c1-8-14-13(9(2)29-25-20(22)24-26-29)18(31)28(14)15(19(32)33)16(8)34-11-5-12(23-6-11)17(30)27-4-3-10(21)7-27/h8-14,23H,3-7,21H2,1-2H3,(H2,22,25)(H,32,33)/t8-,9?,10-,11+,12+,13-,14-/m1/s1. The number of thioether (sulfide) groups is 1. The molecular weight excluding hydrogens is 462 g/mol. The van der Waals surface area contributed by atoms with Crippen LogP contribution < -0.4 is 16.8 Å². The molecule has 34 heavy (non-hydrogen) atoms. The van der Waals surface area contributed by atoms with Gasteiger partial charge in [-0.25, -0.2) is 4.79 Å². The Labute approximate surface area is 200 Å². The lowest BCUT2D eigenvalue weighted by Crippen LogP contribution is -2.62. The summed E-state index contributed by atoms with van der Waals surface area (Å²) in [6.07, 6.45) is 1.41. The molecule has 13 nitrogen and oxygen atoms in total. The Morgan fingerprint density at radius 1 is 1.35 bits per heavy atom. The molecule has 14 heteroatoms. The van der Waals surface area contributed by atoms with Gasteiger partial charge in [0.15, 0.2) is 0 Å². The second kappa shape index (κ2) is 8.50. The minimum Gasteiger partial charge on any atom is -0.477 e. The van der Waals surface area contributed by atoms with Crippen molar-refractivity contribution in [2.75, 3.05) is 25.4 Å². The number of carboxylic acid groups (broad SMARTS) is 1. The monoisotopic (exact) mass is 491 g/mol. The highest BCUT2D eigenvalue weighted by Crippen LogP contribution is 2.53. The number of anilines is 1. The molecular formula is C20H29N9O4S. The fourth-order valence-electron chi connectivity index (χ4n) is 5.60. The molecule has 4 aliphatic heterocycles. The number of nitrogens with zero attached hydrogens (tertiary/aromatic N) is 6. The maximum absolute atomic E-state index is 13.0. The molecule has 4 aliphatic rings. The third kappa shape index (κ3) is 3.64. The fraction of sp³-hybridized carbons (Fsp3) is 0.700. The molecule has 184 valence electrons. The summed E-state index contributed by atoms with van der Waals surface area (Å²) < 4.78 is 0. The van der Waals surface area contributed by atoms with E-state index >= 15 is 0 Å². The summed E-state index contributed by atoms with van der Waals surface area (Å²) in [4.78, 5) is 43.3. The average molecular weight is 492 g/mol. The first-order chi connectivity index (χ1) is 16.2. The first kappa shape index (κ1) is 23.1. The van der Waals surface area contributed by atoms with E-state index in [-0.39, 0.29) is 52.8 Å². The van der Waals surface area contributed by atoms with Crippen molar-refractivity contribution in [1.29, 1.82) is 0 Å². The smallest absolute Gasteiger partial charge is 0.353 e. The van der Waals surface area contributed by atoms with Crippen LogP contribution in [0.3, 0.4) is 0 Å². The maximum Gasteiger partial charge on any atom is 0.353 e. The largest absolute Gasteiger partial charge is 0.477 e. The number of nitrogen functional groups attached to an aromatic ring is 1. The quantitative estimate of drug-likeness (QED) is 0.343. The van der Waals surface area contributed by atoms with E-state index in [9.17, 15) is 19.5 Å². The minimum absolute atomic E-state index is 0.0179. The predicted molar refractivity (Wildman–Crippen MR) is 122 cm³/mol. The number of fused-ring (bicyclic) bond motifs is 1. The summed E-state index contributed by atoms with van der Waals surface area (Å²) in [7, 11) is 0. The van der Waals surface area contributed by atoms with Crippen LogP contribution in [0.4, 0.5) is 5.95 Å². The highest BCUT2D eigenvalue weighted by atomic mass is 32.2. The first-order valence-electron chi connectivity index (χ1n) is 11.5. The zero-order valence-electron chi connectivity index (χ0n) is 19.0. The number of tetrazole rings is 1. The van der Waals surface area contributed by atoms with E-state index in [0.29, 0.717) is 31.0 Å². The van der Waals surface area contributed by atoms with Gasteiger partial charge in [0.05, 0.1) is 24.0 Å². The number of aliphatic carboxylic acids is 1. The van der Waals surface area contributed by atoms with Gasteiger partial charge in [-0.1, -0.05) is 12.0 Å². The van der Waals surface area contributed by atoms with Crippen molar-refractivity contribution in [3.8, 4) is 0 Å². The van der Waals surface area contributed by atoms with Gasteiger partial charge < -0.3 is 31.7 Å². The number of hydrogen-bond acceptors (Lipinski definition) is 10. The number of carbonyl (C=O) groups excluding carboxylic acids is 2. The van der Waals surface area contributed by atoms with Gasteiger partial charge in [-0.2, -0.15) is 4.80 Å². The molecule has 1 aromatic heterocycles. The summed E-state index contributed by atoms with van der Waals surface area (Å²) in [5.41, 5.74) is 11.6. The fourth-order valence-corrected chi connectivity index (χ4v) is 7.08. The molecule has 7 atom stereocenters. The molecule has 0 saturated carbocycles. The molecule has 0 spiro atoms. The van der Waals surface area contributed by atoms with Crippen LogP contribution in [0.2, 0.25) is 0 Å². The summed E-state index contributed by atoms with van der Waals surface area (Å²) >= 11 is 1.46. The Kier molecular flexibility index (Phi) is 5.76. The molecule has 0 aliphatic carbocycles. The number of aromatic nitrogens is 4. The second-order valence-electron chi connectivity index (χ2n) is 9.51. The first-order valence-corrected chi connectivity index (χ1v) is 12.3. The van der Waals surface area contributed by atoms with E-state index in [0.717, 1.165) is 6.42 Å². The number of β-lactam (4-membered cyclic amide) rings is 1. The van der Waals surface area contributed by atoms with Gasteiger partial charge in [0.1, 0.15) is 5.70 Å². The number of carbonyl (C=O) groups is 3. The number of amides is 2. The molecule has 1 unspecified atom stereocenters. The number of rotatable bonds is 6. The molecule has 3 fully saturated rings. The topological polar surface area (TPSA) is 186 Å². The third-order valence-electron chi connectivity index (χ3n) is 7.34. The zero-order valence-corrected chi connectivity index (χ0v) is 19.8. The lowest BCUT2D eigenvalue weighted by atomic mass is 9.78. The normalized spacial score (nSPS) is 33.9. The predicted octanol–water partition coefficient (Wildman–Crippen LogP) is -1.39.